The normalized spacial score (nSPS) is 20.2. The van der Waals surface area contributed by atoms with Crippen molar-refractivity contribution in [1.82, 2.24) is 15.4 Å². The molecule has 1 aromatic carbocycles. The number of hydrogen-bond acceptors (Lipinski definition) is 4. The van der Waals surface area contributed by atoms with E-state index in [-0.39, 0.29) is 0 Å². The average Bonchev–Trinajstić information content (AvgIpc) is 2.91. The van der Waals surface area contributed by atoms with Crippen LogP contribution in [-0.4, -0.2) is 35.7 Å². The second-order valence-corrected chi connectivity index (χ2v) is 5.57. The van der Waals surface area contributed by atoms with Gasteiger partial charge in [-0.2, -0.15) is 0 Å². The zero-order chi connectivity index (χ0) is 13.9. The van der Waals surface area contributed by atoms with Gasteiger partial charge in [-0.3, -0.25) is 4.90 Å². The van der Waals surface area contributed by atoms with E-state index in [1.807, 2.05) is 0 Å². The number of piperazine rings is 1. The summed E-state index contributed by atoms with van der Waals surface area (Å²) in [5, 5.41) is 7.59. The molecule has 1 fully saturated rings. The maximum absolute atomic E-state index is 5.49. The fourth-order valence-electron chi connectivity index (χ4n) is 2.57. The van der Waals surface area contributed by atoms with E-state index in [9.17, 15) is 0 Å². The molecule has 1 aromatic heterocycles. The second-order valence-electron chi connectivity index (χ2n) is 5.57. The summed E-state index contributed by atoms with van der Waals surface area (Å²) in [6, 6.07) is 11.0. The largest absolute Gasteiger partial charge is 0.359 e. The fraction of sp³-hybridized carbons (Fsp3) is 0.438. The van der Waals surface area contributed by atoms with Gasteiger partial charge in [0, 0.05) is 37.3 Å². The van der Waals surface area contributed by atoms with Crippen LogP contribution in [0, 0.1) is 6.92 Å². The molecule has 3 rings (SSSR count). The van der Waals surface area contributed by atoms with Gasteiger partial charge in [-0.05, 0) is 13.8 Å². The van der Waals surface area contributed by atoms with Crippen LogP contribution in [-0.2, 0) is 6.54 Å². The van der Waals surface area contributed by atoms with Gasteiger partial charge in [0.2, 0.25) is 0 Å². The Morgan fingerprint density at radius 3 is 2.90 bits per heavy atom. The zero-order valence-corrected chi connectivity index (χ0v) is 12.1. The molecule has 4 nitrogen and oxygen atoms in total. The molecular weight excluding hydrogens is 250 g/mol. The minimum atomic E-state index is 0.539. The summed E-state index contributed by atoms with van der Waals surface area (Å²) in [7, 11) is 0. The summed E-state index contributed by atoms with van der Waals surface area (Å²) in [6.45, 7) is 8.30. The first-order valence-corrected chi connectivity index (χ1v) is 7.20. The van der Waals surface area contributed by atoms with E-state index in [2.05, 4.69) is 59.6 Å². The highest BCUT2D eigenvalue weighted by atomic mass is 16.5. The monoisotopic (exact) mass is 271 g/mol. The van der Waals surface area contributed by atoms with Crippen molar-refractivity contribution in [1.29, 1.82) is 0 Å². The van der Waals surface area contributed by atoms with E-state index < -0.39 is 0 Å². The second kappa shape index (κ2) is 5.77. The standard InChI is InChI=1S/C16H21N3O/c1-12-3-5-14(6-4-12)16-9-15(20-18-16)11-19-8-7-17-10-13(19)2/h3-6,9,13,17H,7-8,10-11H2,1-2H3/t13-/m0/s1. The molecule has 0 unspecified atom stereocenters. The van der Waals surface area contributed by atoms with Crippen LogP contribution < -0.4 is 5.32 Å². The van der Waals surface area contributed by atoms with Gasteiger partial charge in [-0.25, -0.2) is 0 Å². The smallest absolute Gasteiger partial charge is 0.151 e. The van der Waals surface area contributed by atoms with Gasteiger partial charge >= 0.3 is 0 Å². The maximum Gasteiger partial charge on any atom is 0.151 e. The highest BCUT2D eigenvalue weighted by molar-refractivity contribution is 5.59. The van der Waals surface area contributed by atoms with Crippen LogP contribution in [0.2, 0.25) is 0 Å². The van der Waals surface area contributed by atoms with Crippen molar-refractivity contribution in [2.75, 3.05) is 19.6 Å². The van der Waals surface area contributed by atoms with Crippen LogP contribution in [0.5, 0.6) is 0 Å². The number of rotatable bonds is 3. The average molecular weight is 271 g/mol. The molecule has 1 saturated heterocycles. The molecule has 1 atom stereocenters. The van der Waals surface area contributed by atoms with Crippen LogP contribution in [0.3, 0.4) is 0 Å². The van der Waals surface area contributed by atoms with Gasteiger partial charge in [0.05, 0.1) is 6.54 Å². The Kier molecular flexibility index (Phi) is 3.85. The third-order valence-electron chi connectivity index (χ3n) is 3.90. The van der Waals surface area contributed by atoms with Crippen LogP contribution in [0.15, 0.2) is 34.9 Å². The fourth-order valence-corrected chi connectivity index (χ4v) is 2.57. The number of nitrogens with one attached hydrogen (secondary N) is 1. The molecule has 0 amide bonds. The van der Waals surface area contributed by atoms with Gasteiger partial charge in [-0.15, -0.1) is 0 Å². The zero-order valence-electron chi connectivity index (χ0n) is 12.1. The molecular formula is C16H21N3O. The number of hydrogen-bond donors (Lipinski definition) is 1. The Balaban J connectivity index is 1.71. The van der Waals surface area contributed by atoms with Crippen LogP contribution in [0.1, 0.15) is 18.2 Å². The van der Waals surface area contributed by atoms with Crippen molar-refractivity contribution in [3.8, 4) is 11.3 Å². The molecule has 1 aliphatic heterocycles. The first kappa shape index (κ1) is 13.3. The number of aromatic nitrogens is 1. The number of benzene rings is 1. The van der Waals surface area contributed by atoms with E-state index >= 15 is 0 Å². The van der Waals surface area contributed by atoms with E-state index in [0.717, 1.165) is 43.2 Å². The van der Waals surface area contributed by atoms with Gasteiger partial charge in [0.25, 0.3) is 0 Å². The Morgan fingerprint density at radius 2 is 2.15 bits per heavy atom. The number of aryl methyl sites for hydroxylation is 1. The van der Waals surface area contributed by atoms with Crippen molar-refractivity contribution in [3.63, 3.8) is 0 Å². The van der Waals surface area contributed by atoms with Crippen LogP contribution >= 0.6 is 0 Å². The molecule has 2 heterocycles. The summed E-state index contributed by atoms with van der Waals surface area (Å²) in [4.78, 5) is 2.43. The van der Waals surface area contributed by atoms with E-state index in [1.165, 1.54) is 5.56 Å². The number of nitrogens with zero attached hydrogens (tertiary/aromatic N) is 2. The van der Waals surface area contributed by atoms with Gasteiger partial charge in [0.15, 0.2) is 5.76 Å². The van der Waals surface area contributed by atoms with E-state index in [4.69, 9.17) is 4.52 Å². The van der Waals surface area contributed by atoms with Gasteiger partial charge < -0.3 is 9.84 Å². The third-order valence-corrected chi connectivity index (χ3v) is 3.90. The lowest BCUT2D eigenvalue weighted by Gasteiger charge is -2.32. The quantitative estimate of drug-likeness (QED) is 0.931. The van der Waals surface area contributed by atoms with Crippen molar-refractivity contribution in [3.05, 3.63) is 41.7 Å². The highest BCUT2D eigenvalue weighted by Crippen LogP contribution is 2.21. The molecule has 0 aliphatic carbocycles. The summed E-state index contributed by atoms with van der Waals surface area (Å²) in [6.07, 6.45) is 0. The first-order valence-electron chi connectivity index (χ1n) is 7.20. The molecule has 0 saturated carbocycles. The topological polar surface area (TPSA) is 41.3 Å². The minimum Gasteiger partial charge on any atom is -0.359 e. The van der Waals surface area contributed by atoms with Gasteiger partial charge in [0.1, 0.15) is 5.69 Å². The molecule has 4 heteroatoms. The molecule has 1 N–H and O–H groups in total. The van der Waals surface area contributed by atoms with Crippen LogP contribution in [0.25, 0.3) is 11.3 Å². The molecule has 0 bridgehead atoms. The highest BCUT2D eigenvalue weighted by Gasteiger charge is 2.19. The van der Waals surface area contributed by atoms with Crippen LogP contribution in [0.4, 0.5) is 0 Å². The lowest BCUT2D eigenvalue weighted by atomic mass is 10.1. The molecule has 0 radical (unpaired) electrons. The predicted octanol–water partition coefficient (Wildman–Crippen LogP) is 2.44. The third kappa shape index (κ3) is 2.92. The first-order chi connectivity index (χ1) is 9.72. The summed E-state index contributed by atoms with van der Waals surface area (Å²) in [5.41, 5.74) is 3.29. The molecule has 2 aromatic rings. The Bertz CT molecular complexity index is 561. The Hall–Kier alpha value is -1.65. The Labute approximate surface area is 119 Å². The van der Waals surface area contributed by atoms with Crippen molar-refractivity contribution in [2.45, 2.75) is 26.4 Å². The Morgan fingerprint density at radius 1 is 1.35 bits per heavy atom. The lowest BCUT2D eigenvalue weighted by molar-refractivity contribution is 0.149. The molecule has 106 valence electrons. The van der Waals surface area contributed by atoms with Crippen molar-refractivity contribution < 1.29 is 4.52 Å². The predicted molar refractivity (Wildman–Crippen MR) is 79.4 cm³/mol. The summed E-state index contributed by atoms with van der Waals surface area (Å²) < 4.78 is 5.49. The summed E-state index contributed by atoms with van der Waals surface area (Å²) >= 11 is 0. The molecule has 1 aliphatic rings. The van der Waals surface area contributed by atoms with Crippen molar-refractivity contribution >= 4 is 0 Å². The van der Waals surface area contributed by atoms with Gasteiger partial charge in [-0.1, -0.05) is 35.0 Å². The molecule has 20 heavy (non-hydrogen) atoms. The summed E-state index contributed by atoms with van der Waals surface area (Å²) in [5.74, 6) is 0.939. The lowest BCUT2D eigenvalue weighted by Crippen LogP contribution is -2.49. The minimum absolute atomic E-state index is 0.539. The van der Waals surface area contributed by atoms with Crippen molar-refractivity contribution in [2.24, 2.45) is 0 Å². The maximum atomic E-state index is 5.49. The van der Waals surface area contributed by atoms with E-state index in [1.54, 1.807) is 0 Å². The van der Waals surface area contributed by atoms with E-state index in [0.29, 0.717) is 6.04 Å². The molecule has 0 spiro atoms. The SMILES string of the molecule is Cc1ccc(-c2cc(CN3CCNC[C@@H]3C)on2)cc1.